The van der Waals surface area contributed by atoms with Crippen molar-refractivity contribution in [2.75, 3.05) is 26.7 Å². The maximum Gasteiger partial charge on any atom is 0.223 e. The van der Waals surface area contributed by atoms with Crippen molar-refractivity contribution in [3.8, 4) is 0 Å². The molecule has 2 unspecified atom stereocenters. The predicted molar refractivity (Wildman–Crippen MR) is 104 cm³/mol. The van der Waals surface area contributed by atoms with Crippen LogP contribution >= 0.6 is 24.8 Å². The van der Waals surface area contributed by atoms with Crippen LogP contribution in [0.5, 0.6) is 0 Å². The van der Waals surface area contributed by atoms with E-state index in [2.05, 4.69) is 17.3 Å². The Labute approximate surface area is 159 Å². The maximum absolute atomic E-state index is 12.5. The Hall–Kier alpha value is -0.0300. The monoisotopic (exact) mass is 379 g/mol. The number of fused-ring (bicyclic) bond motifs is 2. The van der Waals surface area contributed by atoms with Crippen molar-refractivity contribution < 1.29 is 4.79 Å². The van der Waals surface area contributed by atoms with E-state index in [-0.39, 0.29) is 30.7 Å². The van der Waals surface area contributed by atoms with Crippen molar-refractivity contribution in [3.05, 3.63) is 0 Å². The van der Waals surface area contributed by atoms with Crippen LogP contribution in [0.25, 0.3) is 0 Å². The second-order valence-electron chi connectivity index (χ2n) is 8.02. The molecule has 4 nitrogen and oxygen atoms in total. The summed E-state index contributed by atoms with van der Waals surface area (Å²) in [6, 6.07) is 0.358. The van der Waals surface area contributed by atoms with Crippen LogP contribution in [0.3, 0.4) is 0 Å². The number of nitrogens with one attached hydrogen (secondary N) is 1. The van der Waals surface area contributed by atoms with Crippen molar-refractivity contribution >= 4 is 30.7 Å². The molecule has 0 spiro atoms. The van der Waals surface area contributed by atoms with Crippen LogP contribution in [0.1, 0.15) is 51.4 Å². The number of carbonyl (C=O) groups is 1. The number of hydrogen-bond acceptors (Lipinski definition) is 3. The van der Waals surface area contributed by atoms with E-state index in [1.54, 1.807) is 0 Å². The quantitative estimate of drug-likeness (QED) is 0.789. The first kappa shape index (κ1) is 22.0. The lowest BCUT2D eigenvalue weighted by molar-refractivity contribution is -0.127. The molecule has 24 heavy (non-hydrogen) atoms. The molecule has 2 bridgehead atoms. The largest absolute Gasteiger partial charge is 0.356 e. The molecule has 0 aromatic rings. The third-order valence-corrected chi connectivity index (χ3v) is 6.47. The average Bonchev–Trinajstić information content (AvgIpc) is 2.49. The highest BCUT2D eigenvalue weighted by molar-refractivity contribution is 5.85. The average molecular weight is 380 g/mol. The van der Waals surface area contributed by atoms with Gasteiger partial charge in [-0.25, -0.2) is 0 Å². The number of piperidine rings is 1. The van der Waals surface area contributed by atoms with E-state index in [0.717, 1.165) is 31.7 Å². The Bertz CT molecular complexity index is 374. The van der Waals surface area contributed by atoms with Gasteiger partial charge in [-0.1, -0.05) is 6.42 Å². The van der Waals surface area contributed by atoms with Gasteiger partial charge >= 0.3 is 0 Å². The fourth-order valence-electron chi connectivity index (χ4n) is 4.90. The molecule has 142 valence electrons. The fraction of sp³-hybridized carbons (Fsp3) is 0.944. The van der Waals surface area contributed by atoms with E-state index >= 15 is 0 Å². The SMILES string of the molecule is CN1CCC(CCNC(=O)C2CC3CCCC(C2)C3N)CC1.Cl.Cl. The van der Waals surface area contributed by atoms with Gasteiger partial charge in [0.05, 0.1) is 0 Å². The molecular weight excluding hydrogens is 345 g/mol. The molecule has 3 rings (SSSR count). The van der Waals surface area contributed by atoms with E-state index in [1.165, 1.54) is 45.2 Å². The molecule has 1 aliphatic heterocycles. The molecule has 2 aliphatic carbocycles. The third-order valence-electron chi connectivity index (χ3n) is 6.47. The molecule has 0 aromatic carbocycles. The standard InChI is InChI=1S/C18H33N3O.2ClH/c1-21-9-6-13(7-10-21)5-8-20-18(22)16-11-14-3-2-4-15(12-16)17(14)19;;/h13-17H,2-12,19H2,1H3,(H,20,22);2*1H. The van der Waals surface area contributed by atoms with Gasteiger partial charge in [-0.3, -0.25) is 4.79 Å². The Morgan fingerprint density at radius 2 is 1.67 bits per heavy atom. The van der Waals surface area contributed by atoms with Crippen LogP contribution in [-0.4, -0.2) is 43.5 Å². The van der Waals surface area contributed by atoms with Gasteiger partial charge in [-0.05, 0) is 82.8 Å². The van der Waals surface area contributed by atoms with Gasteiger partial charge in [0.1, 0.15) is 0 Å². The number of rotatable bonds is 4. The molecular formula is C18H35Cl2N3O. The molecule has 1 heterocycles. The minimum absolute atomic E-state index is 0. The van der Waals surface area contributed by atoms with Gasteiger partial charge in [0.2, 0.25) is 5.91 Å². The van der Waals surface area contributed by atoms with Crippen LogP contribution in [0.4, 0.5) is 0 Å². The van der Waals surface area contributed by atoms with Gasteiger partial charge in [0, 0.05) is 18.5 Å². The first-order valence-corrected chi connectivity index (χ1v) is 9.35. The normalized spacial score (nSPS) is 33.9. The number of nitrogens with two attached hydrogens (primary N) is 1. The number of likely N-dealkylation sites (tertiary alicyclic amines) is 1. The maximum atomic E-state index is 12.5. The van der Waals surface area contributed by atoms with E-state index in [9.17, 15) is 4.79 Å². The molecule has 2 saturated carbocycles. The fourth-order valence-corrected chi connectivity index (χ4v) is 4.90. The lowest BCUT2D eigenvalue weighted by atomic mass is 9.65. The molecule has 1 saturated heterocycles. The van der Waals surface area contributed by atoms with Crippen LogP contribution in [0.2, 0.25) is 0 Å². The minimum atomic E-state index is 0. The summed E-state index contributed by atoms with van der Waals surface area (Å²) in [7, 11) is 2.20. The van der Waals surface area contributed by atoms with Crippen molar-refractivity contribution in [3.63, 3.8) is 0 Å². The second-order valence-corrected chi connectivity index (χ2v) is 8.02. The summed E-state index contributed by atoms with van der Waals surface area (Å²) >= 11 is 0. The number of halogens is 2. The third kappa shape index (κ3) is 5.48. The number of carbonyl (C=O) groups excluding carboxylic acids is 1. The van der Waals surface area contributed by atoms with Crippen LogP contribution in [-0.2, 0) is 4.79 Å². The molecule has 6 heteroatoms. The summed E-state index contributed by atoms with van der Waals surface area (Å²) in [5.74, 6) is 2.52. The van der Waals surface area contributed by atoms with Crippen molar-refractivity contribution in [2.45, 2.75) is 57.4 Å². The topological polar surface area (TPSA) is 58.4 Å². The first-order chi connectivity index (χ1) is 10.6. The van der Waals surface area contributed by atoms with Crippen LogP contribution in [0.15, 0.2) is 0 Å². The minimum Gasteiger partial charge on any atom is -0.356 e. The Balaban J connectivity index is 0.00000144. The number of amides is 1. The van der Waals surface area contributed by atoms with Gasteiger partial charge in [0.25, 0.3) is 0 Å². The molecule has 0 aromatic heterocycles. The first-order valence-electron chi connectivity index (χ1n) is 9.35. The summed E-state index contributed by atoms with van der Waals surface area (Å²) in [4.78, 5) is 14.9. The van der Waals surface area contributed by atoms with Crippen LogP contribution < -0.4 is 11.1 Å². The van der Waals surface area contributed by atoms with E-state index in [4.69, 9.17) is 5.73 Å². The summed E-state index contributed by atoms with van der Waals surface area (Å²) in [5.41, 5.74) is 6.32. The van der Waals surface area contributed by atoms with Gasteiger partial charge in [0.15, 0.2) is 0 Å². The highest BCUT2D eigenvalue weighted by Crippen LogP contribution is 2.41. The summed E-state index contributed by atoms with van der Waals surface area (Å²) < 4.78 is 0. The Morgan fingerprint density at radius 3 is 2.25 bits per heavy atom. The highest BCUT2D eigenvalue weighted by atomic mass is 35.5. The number of nitrogens with zero attached hydrogens (tertiary/aromatic N) is 1. The predicted octanol–water partition coefficient (Wildman–Crippen LogP) is 2.83. The molecule has 1 amide bonds. The van der Waals surface area contributed by atoms with Crippen molar-refractivity contribution in [2.24, 2.45) is 29.4 Å². The lowest BCUT2D eigenvalue weighted by Crippen LogP contribution is -2.49. The zero-order valence-corrected chi connectivity index (χ0v) is 16.5. The molecule has 2 atom stereocenters. The zero-order valence-electron chi connectivity index (χ0n) is 14.9. The van der Waals surface area contributed by atoms with Gasteiger partial charge < -0.3 is 16.0 Å². The van der Waals surface area contributed by atoms with Crippen molar-refractivity contribution in [1.82, 2.24) is 10.2 Å². The van der Waals surface area contributed by atoms with Gasteiger partial charge in [-0.2, -0.15) is 0 Å². The molecule has 3 aliphatic rings. The smallest absolute Gasteiger partial charge is 0.223 e. The lowest BCUT2D eigenvalue weighted by Gasteiger charge is -2.43. The Kier molecular flexibility index (Phi) is 9.35. The summed E-state index contributed by atoms with van der Waals surface area (Å²) in [6.45, 7) is 3.29. The van der Waals surface area contributed by atoms with E-state index < -0.39 is 0 Å². The molecule has 3 fully saturated rings. The van der Waals surface area contributed by atoms with E-state index in [1.807, 2.05) is 0 Å². The summed E-state index contributed by atoms with van der Waals surface area (Å²) in [6.07, 6.45) is 9.55. The molecule has 0 radical (unpaired) electrons. The van der Waals surface area contributed by atoms with Gasteiger partial charge in [-0.15, -0.1) is 24.8 Å². The van der Waals surface area contributed by atoms with Crippen LogP contribution in [0, 0.1) is 23.7 Å². The highest BCUT2D eigenvalue weighted by Gasteiger charge is 2.40. The second kappa shape index (κ2) is 10.2. The Morgan fingerprint density at radius 1 is 1.08 bits per heavy atom. The van der Waals surface area contributed by atoms with E-state index in [0.29, 0.717) is 23.8 Å². The molecule has 3 N–H and O–H groups in total. The van der Waals surface area contributed by atoms with Crippen molar-refractivity contribution in [1.29, 1.82) is 0 Å². The zero-order chi connectivity index (χ0) is 15.5. The number of hydrogen-bond donors (Lipinski definition) is 2. The summed E-state index contributed by atoms with van der Waals surface area (Å²) in [5, 5.41) is 3.22.